The van der Waals surface area contributed by atoms with Crippen molar-refractivity contribution >= 4 is 50.7 Å². The molecule has 0 radical (unpaired) electrons. The first-order chi connectivity index (χ1) is 14.0. The summed E-state index contributed by atoms with van der Waals surface area (Å²) in [6.07, 6.45) is 0. The van der Waals surface area contributed by atoms with Gasteiger partial charge in [-0.15, -0.1) is 11.3 Å². The molecule has 0 unspecified atom stereocenters. The highest BCUT2D eigenvalue weighted by Crippen LogP contribution is 2.38. The maximum absolute atomic E-state index is 13.2. The molecule has 0 spiro atoms. The van der Waals surface area contributed by atoms with E-state index < -0.39 is 5.25 Å². The van der Waals surface area contributed by atoms with Crippen LogP contribution in [0.4, 0.5) is 0 Å². The number of carbonyl (C=O) groups is 1. The van der Waals surface area contributed by atoms with Gasteiger partial charge in [-0.05, 0) is 18.6 Å². The number of hydrogen-bond acceptors (Lipinski definition) is 5. The normalized spacial score (nSPS) is 12.2. The third-order valence-electron chi connectivity index (χ3n) is 4.63. The van der Waals surface area contributed by atoms with E-state index >= 15 is 0 Å². The smallest absolute Gasteiger partial charge is 0.263 e. The molecule has 0 bridgehead atoms. The Balaban J connectivity index is 1.82. The number of thioether (sulfide) groups is 1. The van der Waals surface area contributed by atoms with Gasteiger partial charge in [0.2, 0.25) is 0 Å². The predicted molar refractivity (Wildman–Crippen MR) is 121 cm³/mol. The van der Waals surface area contributed by atoms with Gasteiger partial charge in [-0.2, -0.15) is 0 Å². The lowest BCUT2D eigenvalue weighted by Crippen LogP contribution is -2.20. The quantitative estimate of drug-likeness (QED) is 0.293. The maximum atomic E-state index is 13.2. The molecule has 2 aromatic carbocycles. The van der Waals surface area contributed by atoms with Crippen LogP contribution in [0.3, 0.4) is 0 Å². The minimum absolute atomic E-state index is 0.0125. The van der Waals surface area contributed by atoms with Crippen molar-refractivity contribution in [1.82, 2.24) is 9.55 Å². The topological polar surface area (TPSA) is 52.0 Å². The van der Waals surface area contributed by atoms with Crippen molar-refractivity contribution in [2.45, 2.75) is 17.3 Å². The molecule has 29 heavy (non-hydrogen) atoms. The van der Waals surface area contributed by atoms with E-state index in [-0.39, 0.29) is 11.3 Å². The molecule has 4 rings (SSSR count). The molecule has 2 aromatic heterocycles. The second-order valence-electron chi connectivity index (χ2n) is 6.59. The van der Waals surface area contributed by atoms with Crippen molar-refractivity contribution in [3.8, 4) is 11.1 Å². The van der Waals surface area contributed by atoms with Gasteiger partial charge in [-0.3, -0.25) is 14.2 Å². The number of nitrogens with zero attached hydrogens (tertiary/aromatic N) is 2. The molecule has 0 saturated carbocycles. The molecule has 4 aromatic rings. The number of carbonyl (C=O) groups excluding carboxylic acids is 1. The summed E-state index contributed by atoms with van der Waals surface area (Å²) in [5.41, 5.74) is 2.34. The number of Topliss-reactive ketones (excluding diaryl/α,β-unsaturated/α-hetero) is 1. The largest absolute Gasteiger partial charge is 0.298 e. The number of fused-ring (bicyclic) bond motifs is 1. The molecule has 146 valence electrons. The molecule has 7 heteroatoms. The van der Waals surface area contributed by atoms with Crippen molar-refractivity contribution in [2.24, 2.45) is 7.05 Å². The molecule has 0 aliphatic carbocycles. The zero-order chi connectivity index (χ0) is 20.5. The van der Waals surface area contributed by atoms with Crippen molar-refractivity contribution in [3.05, 3.63) is 80.9 Å². The monoisotopic (exact) mass is 440 g/mol. The van der Waals surface area contributed by atoms with Gasteiger partial charge in [0.05, 0.1) is 10.6 Å². The van der Waals surface area contributed by atoms with Crippen molar-refractivity contribution in [1.29, 1.82) is 0 Å². The summed E-state index contributed by atoms with van der Waals surface area (Å²) in [4.78, 5) is 30.8. The van der Waals surface area contributed by atoms with Crippen molar-refractivity contribution < 1.29 is 4.79 Å². The summed E-state index contributed by atoms with van der Waals surface area (Å²) in [5.74, 6) is 0.0125. The predicted octanol–water partition coefficient (Wildman–Crippen LogP) is 5.74. The number of aromatic nitrogens is 2. The molecule has 0 amide bonds. The number of thiophene rings is 1. The first-order valence-electron chi connectivity index (χ1n) is 8.92. The molecule has 4 nitrogen and oxygen atoms in total. The summed E-state index contributed by atoms with van der Waals surface area (Å²) in [6, 6.07) is 17.0. The highest BCUT2D eigenvalue weighted by molar-refractivity contribution is 8.00. The highest BCUT2D eigenvalue weighted by Gasteiger charge is 2.23. The van der Waals surface area contributed by atoms with Crippen LogP contribution < -0.4 is 5.56 Å². The molecule has 0 aliphatic heterocycles. The van der Waals surface area contributed by atoms with Gasteiger partial charge in [0, 0.05) is 28.6 Å². The van der Waals surface area contributed by atoms with Crippen molar-refractivity contribution in [3.63, 3.8) is 0 Å². The lowest BCUT2D eigenvalue weighted by Gasteiger charge is -2.15. The van der Waals surface area contributed by atoms with E-state index in [2.05, 4.69) is 0 Å². The van der Waals surface area contributed by atoms with Crippen LogP contribution in [0.15, 0.2) is 69.9 Å². The van der Waals surface area contributed by atoms with E-state index in [9.17, 15) is 9.59 Å². The number of halogens is 1. The minimum atomic E-state index is -0.422. The number of rotatable bonds is 5. The number of hydrogen-bond donors (Lipinski definition) is 0. The van der Waals surface area contributed by atoms with Gasteiger partial charge in [0.15, 0.2) is 5.16 Å². The van der Waals surface area contributed by atoms with Gasteiger partial charge in [-0.1, -0.05) is 71.9 Å². The van der Waals surface area contributed by atoms with Gasteiger partial charge < -0.3 is 0 Å². The first-order valence-corrected chi connectivity index (χ1v) is 11.1. The lowest BCUT2D eigenvalue weighted by atomic mass is 10.1. The van der Waals surface area contributed by atoms with Gasteiger partial charge in [0.1, 0.15) is 10.6 Å². The van der Waals surface area contributed by atoms with E-state index in [1.54, 1.807) is 20.0 Å². The Morgan fingerprint density at radius 3 is 2.48 bits per heavy atom. The minimum Gasteiger partial charge on any atom is -0.298 e. The fourth-order valence-electron chi connectivity index (χ4n) is 3.16. The van der Waals surface area contributed by atoms with E-state index in [4.69, 9.17) is 16.6 Å². The Morgan fingerprint density at radius 2 is 1.79 bits per heavy atom. The molecular weight excluding hydrogens is 424 g/mol. The second-order valence-corrected chi connectivity index (χ2v) is 8.92. The summed E-state index contributed by atoms with van der Waals surface area (Å²) in [7, 11) is 1.69. The standard InChI is InChI=1S/C22H17ClN2O2S2/c1-13(26)19(14-8-4-3-5-9-14)29-22-24-20-18(21(27)25(22)2)16(12-28-20)15-10-6-7-11-17(15)23/h3-12,19H,1-2H3/t19-/m1/s1. The van der Waals surface area contributed by atoms with Crippen LogP contribution in [-0.4, -0.2) is 15.3 Å². The fraction of sp³-hybridized carbons (Fsp3) is 0.136. The van der Waals surface area contributed by atoms with E-state index in [0.717, 1.165) is 16.7 Å². The fourth-order valence-corrected chi connectivity index (χ4v) is 5.43. The molecule has 0 aliphatic rings. The Hall–Kier alpha value is -2.41. The Labute approximate surface area is 181 Å². The van der Waals surface area contributed by atoms with Gasteiger partial charge in [-0.25, -0.2) is 4.98 Å². The summed E-state index contributed by atoms with van der Waals surface area (Å²) >= 11 is 9.05. The maximum Gasteiger partial charge on any atom is 0.263 e. The SMILES string of the molecule is CC(=O)[C@@H](Sc1nc2scc(-c3ccccc3Cl)c2c(=O)n1C)c1ccccc1. The lowest BCUT2D eigenvalue weighted by molar-refractivity contribution is -0.116. The third-order valence-corrected chi connectivity index (χ3v) is 7.25. The second kappa shape index (κ2) is 8.14. The van der Waals surface area contributed by atoms with Gasteiger partial charge >= 0.3 is 0 Å². The van der Waals surface area contributed by atoms with E-state index in [1.165, 1.54) is 27.7 Å². The Bertz CT molecular complexity index is 1270. The molecule has 0 N–H and O–H groups in total. The van der Waals surface area contributed by atoms with E-state index in [1.807, 2.05) is 53.9 Å². The summed E-state index contributed by atoms with van der Waals surface area (Å²) in [6.45, 7) is 1.56. The van der Waals surface area contributed by atoms with Crippen LogP contribution in [0.1, 0.15) is 17.7 Å². The number of benzene rings is 2. The third kappa shape index (κ3) is 3.75. The molecular formula is C22H17ClN2O2S2. The Kier molecular flexibility index (Phi) is 5.58. The zero-order valence-electron chi connectivity index (χ0n) is 15.8. The Morgan fingerprint density at radius 1 is 1.10 bits per heavy atom. The molecule has 0 fully saturated rings. The molecule has 0 saturated heterocycles. The molecule has 2 heterocycles. The van der Waals surface area contributed by atoms with Crippen LogP contribution in [0.5, 0.6) is 0 Å². The number of ketones is 1. The van der Waals surface area contributed by atoms with E-state index in [0.29, 0.717) is 20.4 Å². The van der Waals surface area contributed by atoms with Crippen LogP contribution in [0.2, 0.25) is 5.02 Å². The summed E-state index contributed by atoms with van der Waals surface area (Å²) in [5, 5.41) is 3.14. The zero-order valence-corrected chi connectivity index (χ0v) is 18.1. The average Bonchev–Trinajstić information content (AvgIpc) is 3.14. The average molecular weight is 441 g/mol. The highest BCUT2D eigenvalue weighted by atomic mass is 35.5. The van der Waals surface area contributed by atoms with Gasteiger partial charge in [0.25, 0.3) is 5.56 Å². The first kappa shape index (κ1) is 19.9. The van der Waals surface area contributed by atoms with Crippen LogP contribution in [0.25, 0.3) is 21.3 Å². The van der Waals surface area contributed by atoms with Crippen LogP contribution >= 0.6 is 34.7 Å². The van der Waals surface area contributed by atoms with Crippen molar-refractivity contribution in [2.75, 3.05) is 0 Å². The molecule has 1 atom stereocenters. The van der Waals surface area contributed by atoms with Crippen LogP contribution in [0, 0.1) is 0 Å². The summed E-state index contributed by atoms with van der Waals surface area (Å²) < 4.78 is 1.51. The van der Waals surface area contributed by atoms with Crippen LogP contribution in [-0.2, 0) is 11.8 Å².